The Balaban J connectivity index is 2.09. The highest BCUT2D eigenvalue weighted by Crippen LogP contribution is 2.09. The molecule has 2 aromatic heterocycles. The van der Waals surface area contributed by atoms with Crippen LogP contribution in [0.2, 0.25) is 0 Å². The van der Waals surface area contributed by atoms with Crippen LogP contribution in [0.3, 0.4) is 0 Å². The van der Waals surface area contributed by atoms with Gasteiger partial charge in [-0.15, -0.1) is 0 Å². The van der Waals surface area contributed by atoms with E-state index in [1.165, 1.54) is 12.5 Å². The van der Waals surface area contributed by atoms with Crippen molar-refractivity contribution in [2.75, 3.05) is 6.54 Å². The lowest BCUT2D eigenvalue weighted by atomic mass is 10.1. The van der Waals surface area contributed by atoms with Crippen molar-refractivity contribution in [3.63, 3.8) is 0 Å². The van der Waals surface area contributed by atoms with Gasteiger partial charge in [0, 0.05) is 12.7 Å². The van der Waals surface area contributed by atoms with Crippen molar-refractivity contribution in [2.24, 2.45) is 0 Å². The Labute approximate surface area is 117 Å². The number of aliphatic hydroxyl groups excluding tert-OH is 1. The Morgan fingerprint density at radius 1 is 1.50 bits per heavy atom. The van der Waals surface area contributed by atoms with Crippen LogP contribution in [0.4, 0.5) is 0 Å². The lowest BCUT2D eigenvalue weighted by Crippen LogP contribution is -2.27. The van der Waals surface area contributed by atoms with Gasteiger partial charge in [-0.05, 0) is 26.2 Å². The first-order chi connectivity index (χ1) is 9.63. The first-order valence-electron chi connectivity index (χ1n) is 6.77. The zero-order chi connectivity index (χ0) is 14.5. The molecule has 0 aliphatic heterocycles. The number of nitrogens with one attached hydrogen (secondary N) is 1. The first kappa shape index (κ1) is 14.4. The second-order valence-corrected chi connectivity index (χ2v) is 4.69. The number of aryl methyl sites for hydroxylation is 1. The number of aliphatic hydroxyl groups is 1. The molecule has 2 N–H and O–H groups in total. The quantitative estimate of drug-likeness (QED) is 0.753. The van der Waals surface area contributed by atoms with E-state index in [1.54, 1.807) is 11.4 Å². The third kappa shape index (κ3) is 3.11. The lowest BCUT2D eigenvalue weighted by Gasteiger charge is -2.10. The molecule has 1 atom stereocenters. The second kappa shape index (κ2) is 6.42. The van der Waals surface area contributed by atoms with Crippen molar-refractivity contribution in [1.29, 1.82) is 0 Å². The summed E-state index contributed by atoms with van der Waals surface area (Å²) in [6, 6.07) is 0. The molecule has 0 aliphatic rings. The zero-order valence-electron chi connectivity index (χ0n) is 11.7. The number of hydrogen-bond donors (Lipinski definition) is 2. The molecule has 0 aromatic carbocycles. The highest BCUT2D eigenvalue weighted by Gasteiger charge is 2.15. The van der Waals surface area contributed by atoms with Crippen LogP contribution >= 0.6 is 0 Å². The molecule has 2 aromatic rings. The highest BCUT2D eigenvalue weighted by molar-refractivity contribution is 5.95. The van der Waals surface area contributed by atoms with Crippen molar-refractivity contribution in [3.8, 4) is 0 Å². The van der Waals surface area contributed by atoms with E-state index in [9.17, 15) is 9.90 Å². The Hall–Kier alpha value is -2.02. The van der Waals surface area contributed by atoms with E-state index in [2.05, 4.69) is 20.4 Å². The standard InChI is InChI=1S/C13H19N5O2/c1-3-11-10(7-15-13-16-8-17-18(11)13)12(20)14-6-4-5-9(2)19/h7-9,19H,3-6H2,1-2H3,(H,14,20). The molecular weight excluding hydrogens is 258 g/mol. The third-order valence-corrected chi connectivity index (χ3v) is 3.07. The summed E-state index contributed by atoms with van der Waals surface area (Å²) >= 11 is 0. The van der Waals surface area contributed by atoms with E-state index in [1.807, 2.05) is 6.92 Å². The van der Waals surface area contributed by atoms with Crippen LogP contribution in [-0.2, 0) is 6.42 Å². The number of aromatic nitrogens is 4. The van der Waals surface area contributed by atoms with E-state index >= 15 is 0 Å². The smallest absolute Gasteiger partial charge is 0.254 e. The predicted octanol–water partition coefficient (Wildman–Crippen LogP) is 0.577. The van der Waals surface area contributed by atoms with Crippen LogP contribution < -0.4 is 5.32 Å². The third-order valence-electron chi connectivity index (χ3n) is 3.07. The van der Waals surface area contributed by atoms with E-state index in [-0.39, 0.29) is 12.0 Å². The molecule has 7 nitrogen and oxygen atoms in total. The zero-order valence-corrected chi connectivity index (χ0v) is 11.7. The van der Waals surface area contributed by atoms with Crippen molar-refractivity contribution < 1.29 is 9.90 Å². The van der Waals surface area contributed by atoms with Crippen molar-refractivity contribution >= 4 is 11.7 Å². The summed E-state index contributed by atoms with van der Waals surface area (Å²) in [6.07, 6.45) is 4.69. The van der Waals surface area contributed by atoms with Gasteiger partial charge < -0.3 is 10.4 Å². The molecule has 0 aliphatic carbocycles. The molecule has 0 radical (unpaired) electrons. The molecular formula is C13H19N5O2. The summed E-state index contributed by atoms with van der Waals surface area (Å²) in [6.45, 7) is 4.22. The maximum atomic E-state index is 12.2. The fourth-order valence-electron chi connectivity index (χ4n) is 2.05. The molecule has 0 fully saturated rings. The van der Waals surface area contributed by atoms with Gasteiger partial charge in [0.15, 0.2) is 0 Å². The van der Waals surface area contributed by atoms with Crippen LogP contribution in [0, 0.1) is 0 Å². The fourth-order valence-corrected chi connectivity index (χ4v) is 2.05. The number of rotatable bonds is 6. The van der Waals surface area contributed by atoms with Crippen LogP contribution in [0.1, 0.15) is 42.7 Å². The summed E-state index contributed by atoms with van der Waals surface area (Å²) in [4.78, 5) is 20.3. The SMILES string of the molecule is CCc1c(C(=O)NCCCC(C)O)cnc2ncnn12. The van der Waals surface area contributed by atoms with E-state index in [0.717, 1.165) is 12.1 Å². The highest BCUT2D eigenvalue weighted by atomic mass is 16.3. The van der Waals surface area contributed by atoms with Crippen molar-refractivity contribution in [1.82, 2.24) is 24.9 Å². The normalized spacial score (nSPS) is 12.6. The van der Waals surface area contributed by atoms with Crippen LogP contribution in [-0.4, -0.2) is 43.2 Å². The molecule has 1 amide bonds. The van der Waals surface area contributed by atoms with E-state index in [0.29, 0.717) is 30.7 Å². The average molecular weight is 277 g/mol. The Kier molecular flexibility index (Phi) is 4.62. The Bertz CT molecular complexity index is 593. The summed E-state index contributed by atoms with van der Waals surface area (Å²) in [5.74, 6) is 0.324. The summed E-state index contributed by atoms with van der Waals surface area (Å²) in [7, 11) is 0. The molecule has 20 heavy (non-hydrogen) atoms. The Morgan fingerprint density at radius 2 is 2.30 bits per heavy atom. The lowest BCUT2D eigenvalue weighted by molar-refractivity contribution is 0.0947. The van der Waals surface area contributed by atoms with Gasteiger partial charge in [0.2, 0.25) is 0 Å². The summed E-state index contributed by atoms with van der Waals surface area (Å²) in [5, 5.41) is 16.1. The minimum absolute atomic E-state index is 0.169. The average Bonchev–Trinajstić information content (AvgIpc) is 2.90. The van der Waals surface area contributed by atoms with Gasteiger partial charge in [-0.1, -0.05) is 6.92 Å². The number of hydrogen-bond acceptors (Lipinski definition) is 5. The van der Waals surface area contributed by atoms with Gasteiger partial charge in [0.05, 0.1) is 17.4 Å². The van der Waals surface area contributed by atoms with Gasteiger partial charge in [-0.2, -0.15) is 10.1 Å². The summed E-state index contributed by atoms with van der Waals surface area (Å²) in [5.41, 5.74) is 1.31. The minimum Gasteiger partial charge on any atom is -0.393 e. The molecule has 7 heteroatoms. The molecule has 2 rings (SSSR count). The van der Waals surface area contributed by atoms with E-state index in [4.69, 9.17) is 0 Å². The van der Waals surface area contributed by atoms with Gasteiger partial charge in [-0.25, -0.2) is 9.50 Å². The fraction of sp³-hybridized carbons (Fsp3) is 0.538. The maximum absolute atomic E-state index is 12.2. The number of nitrogens with zero attached hydrogens (tertiary/aromatic N) is 4. The molecule has 1 unspecified atom stereocenters. The minimum atomic E-state index is -0.341. The molecule has 0 bridgehead atoms. The number of fused-ring (bicyclic) bond motifs is 1. The van der Waals surface area contributed by atoms with Gasteiger partial charge in [0.25, 0.3) is 11.7 Å². The topological polar surface area (TPSA) is 92.4 Å². The number of carbonyl (C=O) groups is 1. The monoisotopic (exact) mass is 277 g/mol. The Morgan fingerprint density at radius 3 is 3.00 bits per heavy atom. The number of amides is 1. The largest absolute Gasteiger partial charge is 0.393 e. The van der Waals surface area contributed by atoms with Crippen LogP contribution in [0.5, 0.6) is 0 Å². The molecule has 0 saturated carbocycles. The van der Waals surface area contributed by atoms with E-state index < -0.39 is 0 Å². The first-order valence-corrected chi connectivity index (χ1v) is 6.77. The van der Waals surface area contributed by atoms with Gasteiger partial charge in [0.1, 0.15) is 6.33 Å². The molecule has 2 heterocycles. The molecule has 0 saturated heterocycles. The van der Waals surface area contributed by atoms with Crippen molar-refractivity contribution in [2.45, 2.75) is 39.2 Å². The second-order valence-electron chi connectivity index (χ2n) is 4.69. The van der Waals surface area contributed by atoms with Gasteiger partial charge >= 0.3 is 0 Å². The maximum Gasteiger partial charge on any atom is 0.254 e. The predicted molar refractivity (Wildman–Crippen MR) is 73.4 cm³/mol. The molecule has 108 valence electrons. The van der Waals surface area contributed by atoms with Crippen LogP contribution in [0.15, 0.2) is 12.5 Å². The van der Waals surface area contributed by atoms with Crippen molar-refractivity contribution in [3.05, 3.63) is 23.8 Å². The molecule has 0 spiro atoms. The summed E-state index contributed by atoms with van der Waals surface area (Å²) < 4.78 is 1.59. The van der Waals surface area contributed by atoms with Gasteiger partial charge in [-0.3, -0.25) is 4.79 Å². The number of carbonyl (C=O) groups excluding carboxylic acids is 1. The van der Waals surface area contributed by atoms with Crippen LogP contribution in [0.25, 0.3) is 5.78 Å².